The molecular formula is C13H17N3S. The minimum absolute atomic E-state index is 0.551. The minimum Gasteiger partial charge on any atom is -0.326 e. The van der Waals surface area contributed by atoms with Gasteiger partial charge in [0.05, 0.1) is 5.69 Å². The predicted octanol–water partition coefficient (Wildman–Crippen LogP) is 2.33. The van der Waals surface area contributed by atoms with Gasteiger partial charge in [0, 0.05) is 23.5 Å². The number of aromatic nitrogens is 1. The molecule has 0 saturated carbocycles. The summed E-state index contributed by atoms with van der Waals surface area (Å²) in [5.41, 5.74) is 7.97. The molecule has 0 bridgehead atoms. The summed E-state index contributed by atoms with van der Waals surface area (Å²) < 4.78 is 0. The van der Waals surface area contributed by atoms with Crippen LogP contribution in [-0.4, -0.2) is 24.0 Å². The van der Waals surface area contributed by atoms with Crippen LogP contribution in [0.1, 0.15) is 9.88 Å². The van der Waals surface area contributed by atoms with Crippen molar-refractivity contribution in [3.63, 3.8) is 0 Å². The quantitative estimate of drug-likeness (QED) is 0.901. The molecule has 0 aliphatic heterocycles. The van der Waals surface area contributed by atoms with E-state index in [2.05, 4.69) is 22.0 Å². The van der Waals surface area contributed by atoms with Gasteiger partial charge in [-0.2, -0.15) is 0 Å². The van der Waals surface area contributed by atoms with Crippen LogP contribution >= 0.6 is 11.3 Å². The Kier molecular flexibility index (Phi) is 3.89. The maximum Gasteiger partial charge on any atom is 0.108 e. The molecule has 0 fully saturated rings. The highest BCUT2D eigenvalue weighted by Crippen LogP contribution is 2.28. The van der Waals surface area contributed by atoms with Crippen LogP contribution in [-0.2, 0) is 13.1 Å². The van der Waals surface area contributed by atoms with E-state index in [0.29, 0.717) is 6.54 Å². The molecule has 0 saturated heterocycles. The molecule has 0 radical (unpaired) electrons. The molecule has 0 spiro atoms. The van der Waals surface area contributed by atoms with Crippen molar-refractivity contribution in [2.24, 2.45) is 5.73 Å². The zero-order chi connectivity index (χ0) is 12.3. The molecule has 0 aliphatic carbocycles. The molecule has 1 aromatic heterocycles. The second kappa shape index (κ2) is 5.40. The first kappa shape index (κ1) is 12.2. The normalized spacial score (nSPS) is 11.1. The van der Waals surface area contributed by atoms with Gasteiger partial charge in [-0.15, -0.1) is 11.3 Å². The van der Waals surface area contributed by atoms with Gasteiger partial charge >= 0.3 is 0 Å². The highest BCUT2D eigenvalue weighted by molar-refractivity contribution is 7.12. The van der Waals surface area contributed by atoms with Crippen LogP contribution in [0, 0.1) is 0 Å². The SMILES string of the molecule is CN(C)Cc1nc(-c2ccccc2)c(CN)s1. The van der Waals surface area contributed by atoms with E-state index in [1.165, 1.54) is 0 Å². The standard InChI is InChI=1S/C13H17N3S/c1-16(2)9-12-15-13(11(8-14)17-12)10-6-4-3-5-7-10/h3-7H,8-9,14H2,1-2H3. The van der Waals surface area contributed by atoms with Crippen LogP contribution in [0.25, 0.3) is 11.3 Å². The smallest absolute Gasteiger partial charge is 0.108 e. The third kappa shape index (κ3) is 2.91. The van der Waals surface area contributed by atoms with E-state index in [-0.39, 0.29) is 0 Å². The lowest BCUT2D eigenvalue weighted by Gasteiger charge is -2.04. The van der Waals surface area contributed by atoms with Crippen molar-refractivity contribution in [2.45, 2.75) is 13.1 Å². The summed E-state index contributed by atoms with van der Waals surface area (Å²) in [5, 5.41) is 1.12. The Balaban J connectivity index is 2.36. The van der Waals surface area contributed by atoms with E-state index in [1.807, 2.05) is 32.3 Å². The summed E-state index contributed by atoms with van der Waals surface area (Å²) in [6.07, 6.45) is 0. The molecule has 2 N–H and O–H groups in total. The van der Waals surface area contributed by atoms with Crippen molar-refractivity contribution < 1.29 is 0 Å². The molecule has 0 amide bonds. The summed E-state index contributed by atoms with van der Waals surface area (Å²) in [6, 6.07) is 10.2. The maximum absolute atomic E-state index is 5.79. The second-order valence-corrected chi connectivity index (χ2v) is 5.36. The van der Waals surface area contributed by atoms with Crippen LogP contribution in [0.4, 0.5) is 0 Å². The van der Waals surface area contributed by atoms with Gasteiger partial charge in [-0.3, -0.25) is 0 Å². The average Bonchev–Trinajstić information content (AvgIpc) is 2.72. The van der Waals surface area contributed by atoms with Crippen molar-refractivity contribution in [3.8, 4) is 11.3 Å². The van der Waals surface area contributed by atoms with Gasteiger partial charge in [0.1, 0.15) is 5.01 Å². The topological polar surface area (TPSA) is 42.2 Å². The lowest BCUT2D eigenvalue weighted by Crippen LogP contribution is -2.10. The Morgan fingerprint density at radius 1 is 1.24 bits per heavy atom. The van der Waals surface area contributed by atoms with Crippen molar-refractivity contribution in [2.75, 3.05) is 14.1 Å². The van der Waals surface area contributed by atoms with E-state index >= 15 is 0 Å². The molecule has 90 valence electrons. The Bertz CT molecular complexity index is 477. The van der Waals surface area contributed by atoms with E-state index in [0.717, 1.165) is 27.7 Å². The third-order valence-electron chi connectivity index (χ3n) is 2.43. The molecule has 1 aromatic carbocycles. The van der Waals surface area contributed by atoms with Gasteiger partial charge in [0.25, 0.3) is 0 Å². The van der Waals surface area contributed by atoms with Gasteiger partial charge in [0.15, 0.2) is 0 Å². The average molecular weight is 247 g/mol. The lowest BCUT2D eigenvalue weighted by atomic mass is 10.1. The first-order chi connectivity index (χ1) is 8.20. The number of rotatable bonds is 4. The summed E-state index contributed by atoms with van der Waals surface area (Å²) >= 11 is 1.70. The van der Waals surface area contributed by atoms with Crippen LogP contribution in [0.5, 0.6) is 0 Å². The molecule has 0 unspecified atom stereocenters. The first-order valence-electron chi connectivity index (χ1n) is 5.59. The number of nitrogens with zero attached hydrogens (tertiary/aromatic N) is 2. The summed E-state index contributed by atoms with van der Waals surface area (Å²) in [5.74, 6) is 0. The predicted molar refractivity (Wildman–Crippen MR) is 72.8 cm³/mol. The number of hydrogen-bond acceptors (Lipinski definition) is 4. The number of hydrogen-bond donors (Lipinski definition) is 1. The van der Waals surface area contributed by atoms with Gasteiger partial charge in [-0.25, -0.2) is 4.98 Å². The lowest BCUT2D eigenvalue weighted by molar-refractivity contribution is 0.402. The van der Waals surface area contributed by atoms with Gasteiger partial charge in [-0.05, 0) is 14.1 Å². The van der Waals surface area contributed by atoms with Gasteiger partial charge in [-0.1, -0.05) is 30.3 Å². The van der Waals surface area contributed by atoms with Crippen LogP contribution in [0.2, 0.25) is 0 Å². The first-order valence-corrected chi connectivity index (χ1v) is 6.41. The molecule has 0 aliphatic rings. The summed E-state index contributed by atoms with van der Waals surface area (Å²) in [6.45, 7) is 1.42. The molecule has 3 nitrogen and oxygen atoms in total. The fourth-order valence-corrected chi connectivity index (χ4v) is 2.79. The molecule has 2 rings (SSSR count). The zero-order valence-electron chi connectivity index (χ0n) is 10.2. The van der Waals surface area contributed by atoms with Gasteiger partial charge in [0.2, 0.25) is 0 Å². The maximum atomic E-state index is 5.79. The Morgan fingerprint density at radius 3 is 2.53 bits per heavy atom. The second-order valence-electron chi connectivity index (χ2n) is 4.19. The summed E-state index contributed by atoms with van der Waals surface area (Å²) in [4.78, 5) is 7.97. The minimum atomic E-state index is 0.551. The fourth-order valence-electron chi connectivity index (χ4n) is 1.70. The van der Waals surface area contributed by atoms with E-state index in [1.54, 1.807) is 11.3 Å². The number of nitrogens with two attached hydrogens (primary N) is 1. The number of thiazole rings is 1. The fraction of sp³-hybridized carbons (Fsp3) is 0.308. The van der Waals surface area contributed by atoms with Gasteiger partial charge < -0.3 is 10.6 Å². The largest absolute Gasteiger partial charge is 0.326 e. The van der Waals surface area contributed by atoms with Crippen molar-refractivity contribution in [1.29, 1.82) is 0 Å². The van der Waals surface area contributed by atoms with E-state index in [4.69, 9.17) is 5.73 Å². The van der Waals surface area contributed by atoms with E-state index < -0.39 is 0 Å². The molecule has 17 heavy (non-hydrogen) atoms. The Morgan fingerprint density at radius 2 is 1.94 bits per heavy atom. The van der Waals surface area contributed by atoms with Crippen molar-refractivity contribution >= 4 is 11.3 Å². The monoisotopic (exact) mass is 247 g/mol. The van der Waals surface area contributed by atoms with Crippen LogP contribution in [0.3, 0.4) is 0 Å². The highest BCUT2D eigenvalue weighted by Gasteiger charge is 2.11. The molecular weight excluding hydrogens is 230 g/mol. The highest BCUT2D eigenvalue weighted by atomic mass is 32.1. The molecule has 1 heterocycles. The molecule has 2 aromatic rings. The Hall–Kier alpha value is -1.23. The van der Waals surface area contributed by atoms with E-state index in [9.17, 15) is 0 Å². The summed E-state index contributed by atoms with van der Waals surface area (Å²) in [7, 11) is 4.09. The van der Waals surface area contributed by atoms with Crippen molar-refractivity contribution in [1.82, 2.24) is 9.88 Å². The molecule has 4 heteroatoms. The molecule has 0 atom stereocenters. The number of benzene rings is 1. The zero-order valence-corrected chi connectivity index (χ0v) is 11.0. The van der Waals surface area contributed by atoms with Crippen LogP contribution in [0.15, 0.2) is 30.3 Å². The van der Waals surface area contributed by atoms with Crippen LogP contribution < -0.4 is 5.73 Å². The Labute approximate surface area is 106 Å². The van der Waals surface area contributed by atoms with Crippen molar-refractivity contribution in [3.05, 3.63) is 40.2 Å². The third-order valence-corrected chi connectivity index (χ3v) is 3.49.